The first-order valence-corrected chi connectivity index (χ1v) is 4.48. The highest BCUT2D eigenvalue weighted by Crippen LogP contribution is 2.02. The van der Waals surface area contributed by atoms with Crippen molar-refractivity contribution in [1.29, 1.82) is 0 Å². The van der Waals surface area contributed by atoms with Gasteiger partial charge in [-0.25, -0.2) is 0 Å². The minimum atomic E-state index is -0.544. The number of halogens is 1. The molecule has 1 amide bonds. The lowest BCUT2D eigenvalue weighted by atomic mass is 10.1. The number of nitrogens with one attached hydrogen (secondary N) is 1. The lowest BCUT2D eigenvalue weighted by molar-refractivity contribution is -0.121. The Morgan fingerprint density at radius 3 is 2.25 bits per heavy atom. The summed E-state index contributed by atoms with van der Waals surface area (Å²) in [5, 5.41) is 11.0. The molecule has 0 rings (SSSR count). The predicted molar refractivity (Wildman–Crippen MR) is 49.2 cm³/mol. The SMILES string of the molecule is CC(Cl)C(=O)NC(CO)C(C)C. The monoisotopic (exact) mass is 193 g/mol. The average Bonchev–Trinajstić information content (AvgIpc) is 1.98. The van der Waals surface area contributed by atoms with Gasteiger partial charge in [-0.3, -0.25) is 4.79 Å². The van der Waals surface area contributed by atoms with Gasteiger partial charge in [0.1, 0.15) is 5.38 Å². The third kappa shape index (κ3) is 3.93. The maximum Gasteiger partial charge on any atom is 0.238 e. The van der Waals surface area contributed by atoms with Gasteiger partial charge in [0.2, 0.25) is 5.91 Å². The molecule has 72 valence electrons. The van der Waals surface area contributed by atoms with Crippen LogP contribution in [0.1, 0.15) is 20.8 Å². The standard InChI is InChI=1S/C8H16ClNO2/c1-5(2)7(4-11)10-8(12)6(3)9/h5-7,11H,4H2,1-3H3,(H,10,12). The van der Waals surface area contributed by atoms with Crippen molar-refractivity contribution < 1.29 is 9.90 Å². The van der Waals surface area contributed by atoms with Crippen molar-refractivity contribution in [1.82, 2.24) is 5.32 Å². The first-order chi connectivity index (χ1) is 5.49. The van der Waals surface area contributed by atoms with Crippen LogP contribution in [0.5, 0.6) is 0 Å². The van der Waals surface area contributed by atoms with Gasteiger partial charge in [-0.2, -0.15) is 0 Å². The van der Waals surface area contributed by atoms with Crippen LogP contribution in [0.4, 0.5) is 0 Å². The number of alkyl halides is 1. The summed E-state index contributed by atoms with van der Waals surface area (Å²) in [4.78, 5) is 11.1. The number of aliphatic hydroxyl groups is 1. The second-order valence-electron chi connectivity index (χ2n) is 3.16. The molecule has 0 aliphatic rings. The molecule has 0 spiro atoms. The van der Waals surface area contributed by atoms with Crippen LogP contribution >= 0.6 is 11.6 Å². The molecular formula is C8H16ClNO2. The number of hydrogen-bond acceptors (Lipinski definition) is 2. The van der Waals surface area contributed by atoms with E-state index in [1.54, 1.807) is 6.92 Å². The van der Waals surface area contributed by atoms with Gasteiger partial charge in [0.05, 0.1) is 12.6 Å². The Bertz CT molecular complexity index is 148. The third-order valence-corrected chi connectivity index (χ3v) is 1.89. The molecule has 0 radical (unpaired) electrons. The highest BCUT2D eigenvalue weighted by atomic mass is 35.5. The Balaban J connectivity index is 3.94. The molecular weight excluding hydrogens is 178 g/mol. The molecule has 0 aromatic heterocycles. The van der Waals surface area contributed by atoms with E-state index in [0.717, 1.165) is 0 Å². The maximum atomic E-state index is 11.1. The zero-order valence-electron chi connectivity index (χ0n) is 7.67. The van der Waals surface area contributed by atoms with Crippen LogP contribution < -0.4 is 5.32 Å². The number of carbonyl (C=O) groups excluding carboxylic acids is 1. The zero-order chi connectivity index (χ0) is 9.72. The Labute approximate surface area is 78.1 Å². The normalized spacial score (nSPS) is 15.8. The molecule has 2 atom stereocenters. The van der Waals surface area contributed by atoms with E-state index >= 15 is 0 Å². The van der Waals surface area contributed by atoms with Crippen LogP contribution in [0.2, 0.25) is 0 Å². The number of amides is 1. The van der Waals surface area contributed by atoms with E-state index in [9.17, 15) is 4.79 Å². The molecule has 0 aromatic rings. The van der Waals surface area contributed by atoms with Crippen LogP contribution in [0.3, 0.4) is 0 Å². The summed E-state index contributed by atoms with van der Waals surface area (Å²) in [5.74, 6) is -0.0150. The van der Waals surface area contributed by atoms with Crippen LogP contribution in [0, 0.1) is 5.92 Å². The smallest absolute Gasteiger partial charge is 0.238 e. The molecule has 0 bridgehead atoms. The third-order valence-electron chi connectivity index (χ3n) is 1.69. The molecule has 0 heterocycles. The first-order valence-electron chi connectivity index (χ1n) is 4.04. The molecule has 12 heavy (non-hydrogen) atoms. The van der Waals surface area contributed by atoms with Gasteiger partial charge in [-0.05, 0) is 12.8 Å². The second kappa shape index (κ2) is 5.38. The summed E-state index contributed by atoms with van der Waals surface area (Å²) in [6, 6.07) is -0.196. The van der Waals surface area contributed by atoms with Gasteiger partial charge in [0.25, 0.3) is 0 Å². The molecule has 3 nitrogen and oxygen atoms in total. The number of carbonyl (C=O) groups is 1. The zero-order valence-corrected chi connectivity index (χ0v) is 8.43. The summed E-state index contributed by atoms with van der Waals surface area (Å²) in [5.41, 5.74) is 0. The van der Waals surface area contributed by atoms with E-state index in [0.29, 0.717) is 0 Å². The van der Waals surface area contributed by atoms with E-state index in [-0.39, 0.29) is 24.5 Å². The fraction of sp³-hybridized carbons (Fsp3) is 0.875. The molecule has 0 aliphatic carbocycles. The Kier molecular flexibility index (Phi) is 5.25. The Morgan fingerprint density at radius 1 is 1.50 bits per heavy atom. The number of aliphatic hydroxyl groups excluding tert-OH is 1. The topological polar surface area (TPSA) is 49.3 Å². The van der Waals surface area contributed by atoms with Crippen molar-refractivity contribution in [2.45, 2.75) is 32.2 Å². The van der Waals surface area contributed by atoms with E-state index in [1.807, 2.05) is 13.8 Å². The molecule has 4 heteroatoms. The van der Waals surface area contributed by atoms with Gasteiger partial charge >= 0.3 is 0 Å². The summed E-state index contributed by atoms with van der Waals surface area (Å²) in [6.07, 6.45) is 0. The van der Waals surface area contributed by atoms with Crippen molar-refractivity contribution in [2.75, 3.05) is 6.61 Å². The minimum Gasteiger partial charge on any atom is -0.394 e. The lowest BCUT2D eigenvalue weighted by Crippen LogP contribution is -2.43. The Morgan fingerprint density at radius 2 is 2.00 bits per heavy atom. The van der Waals surface area contributed by atoms with E-state index in [1.165, 1.54) is 0 Å². The first kappa shape index (κ1) is 11.7. The van der Waals surface area contributed by atoms with Crippen molar-refractivity contribution in [3.63, 3.8) is 0 Å². The van der Waals surface area contributed by atoms with E-state index < -0.39 is 5.38 Å². The highest BCUT2D eigenvalue weighted by Gasteiger charge is 2.17. The van der Waals surface area contributed by atoms with Crippen molar-refractivity contribution in [3.05, 3.63) is 0 Å². The maximum absolute atomic E-state index is 11.1. The predicted octanol–water partition coefficient (Wildman–Crippen LogP) is 0.747. The molecule has 2 N–H and O–H groups in total. The van der Waals surface area contributed by atoms with Crippen LogP contribution in [-0.4, -0.2) is 29.0 Å². The van der Waals surface area contributed by atoms with Crippen molar-refractivity contribution >= 4 is 17.5 Å². The molecule has 0 aliphatic heterocycles. The van der Waals surface area contributed by atoms with Gasteiger partial charge in [0.15, 0.2) is 0 Å². The molecule has 0 saturated carbocycles. The number of hydrogen-bond donors (Lipinski definition) is 2. The fourth-order valence-electron chi connectivity index (χ4n) is 0.721. The van der Waals surface area contributed by atoms with Gasteiger partial charge < -0.3 is 10.4 Å². The van der Waals surface area contributed by atoms with E-state index in [2.05, 4.69) is 5.32 Å². The van der Waals surface area contributed by atoms with Crippen LogP contribution in [0.15, 0.2) is 0 Å². The van der Waals surface area contributed by atoms with Crippen LogP contribution in [0.25, 0.3) is 0 Å². The highest BCUT2D eigenvalue weighted by molar-refractivity contribution is 6.30. The van der Waals surface area contributed by atoms with Gasteiger partial charge in [0, 0.05) is 0 Å². The van der Waals surface area contributed by atoms with Gasteiger partial charge in [-0.1, -0.05) is 13.8 Å². The Hall–Kier alpha value is -0.280. The molecule has 2 unspecified atom stereocenters. The summed E-state index contributed by atoms with van der Waals surface area (Å²) >= 11 is 5.54. The summed E-state index contributed by atoms with van der Waals surface area (Å²) in [7, 11) is 0. The average molecular weight is 194 g/mol. The largest absolute Gasteiger partial charge is 0.394 e. The lowest BCUT2D eigenvalue weighted by Gasteiger charge is -2.20. The van der Waals surface area contributed by atoms with E-state index in [4.69, 9.17) is 16.7 Å². The molecule has 0 aromatic carbocycles. The van der Waals surface area contributed by atoms with Gasteiger partial charge in [-0.15, -0.1) is 11.6 Å². The summed E-state index contributed by atoms with van der Waals surface area (Å²) in [6.45, 7) is 5.42. The number of rotatable bonds is 4. The minimum absolute atomic E-state index is 0.0486. The quantitative estimate of drug-likeness (QED) is 0.648. The van der Waals surface area contributed by atoms with Crippen LogP contribution in [-0.2, 0) is 4.79 Å². The fourth-order valence-corrected chi connectivity index (χ4v) is 0.784. The second-order valence-corrected chi connectivity index (χ2v) is 3.81. The summed E-state index contributed by atoms with van der Waals surface area (Å²) < 4.78 is 0. The molecule has 0 fully saturated rings. The van der Waals surface area contributed by atoms with Crippen molar-refractivity contribution in [3.8, 4) is 0 Å². The van der Waals surface area contributed by atoms with Crippen molar-refractivity contribution in [2.24, 2.45) is 5.92 Å². The molecule has 0 saturated heterocycles.